The van der Waals surface area contributed by atoms with E-state index in [0.717, 1.165) is 30.7 Å². The number of nitrogens with zero attached hydrogens (tertiary/aromatic N) is 1. The molecule has 1 aromatic carbocycles. The number of sulfonamides is 1. The summed E-state index contributed by atoms with van der Waals surface area (Å²) >= 11 is 1.80. The summed E-state index contributed by atoms with van der Waals surface area (Å²) in [5, 5.41) is 4.00. The number of methoxy groups -OCH3 is 1. The first kappa shape index (κ1) is 21.9. The molecule has 0 saturated carbocycles. The van der Waals surface area contributed by atoms with Crippen molar-refractivity contribution in [2.24, 2.45) is 0 Å². The van der Waals surface area contributed by atoms with Crippen LogP contribution in [-0.2, 0) is 34.0 Å². The van der Waals surface area contributed by atoms with Crippen molar-refractivity contribution in [1.29, 1.82) is 0 Å². The number of nitrogens with one attached hydrogen (secondary N) is 2. The topological polar surface area (TPSA) is 97.4 Å². The predicted octanol–water partition coefficient (Wildman–Crippen LogP) is 2.31. The summed E-state index contributed by atoms with van der Waals surface area (Å²) in [7, 11) is -2.17. The Balaban J connectivity index is 1.49. The van der Waals surface area contributed by atoms with Gasteiger partial charge in [0.1, 0.15) is 0 Å². The maximum atomic E-state index is 12.4. The van der Waals surface area contributed by atoms with Crippen LogP contribution in [0.2, 0.25) is 0 Å². The monoisotopic (exact) mass is 437 g/mol. The number of benzene rings is 1. The molecule has 29 heavy (non-hydrogen) atoms. The Morgan fingerprint density at radius 2 is 2.07 bits per heavy atom. The van der Waals surface area contributed by atoms with E-state index in [9.17, 15) is 13.2 Å². The van der Waals surface area contributed by atoms with Crippen LogP contribution in [0, 0.1) is 0 Å². The molecule has 1 aliphatic rings. The van der Waals surface area contributed by atoms with Gasteiger partial charge in [0.2, 0.25) is 10.0 Å². The number of carbonyl (C=O) groups is 1. The molecule has 158 valence electrons. The minimum absolute atomic E-state index is 0.0645. The molecule has 0 radical (unpaired) electrons. The zero-order valence-corrected chi connectivity index (χ0v) is 18.2. The van der Waals surface area contributed by atoms with Crippen molar-refractivity contribution < 1.29 is 17.9 Å². The van der Waals surface area contributed by atoms with Gasteiger partial charge in [-0.05, 0) is 50.3 Å². The SMILES string of the molecule is COCCNS(=O)(=O)c1cccc(C(=O)NCCCc2nc3c(s2)CCCC3)c1. The quantitative estimate of drug-likeness (QED) is 0.556. The average Bonchev–Trinajstić information content (AvgIpc) is 3.14. The number of hydrogen-bond acceptors (Lipinski definition) is 6. The lowest BCUT2D eigenvalue weighted by Gasteiger charge is -2.09. The summed E-state index contributed by atoms with van der Waals surface area (Å²) < 4.78 is 31.9. The summed E-state index contributed by atoms with van der Waals surface area (Å²) in [6, 6.07) is 6.04. The summed E-state index contributed by atoms with van der Waals surface area (Å²) in [6.45, 7) is 0.975. The van der Waals surface area contributed by atoms with Crippen molar-refractivity contribution in [3.05, 3.63) is 45.4 Å². The van der Waals surface area contributed by atoms with Crippen LogP contribution in [0.1, 0.15) is 45.2 Å². The van der Waals surface area contributed by atoms with Gasteiger partial charge in [-0.3, -0.25) is 4.79 Å². The lowest BCUT2D eigenvalue weighted by Crippen LogP contribution is -2.28. The van der Waals surface area contributed by atoms with Crippen molar-refractivity contribution in [2.45, 2.75) is 43.4 Å². The lowest BCUT2D eigenvalue weighted by atomic mass is 10.0. The zero-order valence-electron chi connectivity index (χ0n) is 16.6. The van der Waals surface area contributed by atoms with Gasteiger partial charge in [-0.15, -0.1) is 11.3 Å². The number of carbonyl (C=O) groups excluding carboxylic acids is 1. The van der Waals surface area contributed by atoms with Gasteiger partial charge in [-0.25, -0.2) is 18.1 Å². The molecule has 7 nitrogen and oxygen atoms in total. The van der Waals surface area contributed by atoms with Crippen molar-refractivity contribution in [3.63, 3.8) is 0 Å². The summed E-state index contributed by atoms with van der Waals surface area (Å²) in [4.78, 5) is 18.6. The Morgan fingerprint density at radius 3 is 2.86 bits per heavy atom. The molecule has 9 heteroatoms. The normalized spacial score (nSPS) is 13.8. The van der Waals surface area contributed by atoms with Gasteiger partial charge < -0.3 is 10.1 Å². The molecular weight excluding hydrogens is 410 g/mol. The van der Waals surface area contributed by atoms with Gasteiger partial charge in [0.05, 0.1) is 22.2 Å². The van der Waals surface area contributed by atoms with Gasteiger partial charge in [0, 0.05) is 37.1 Å². The summed E-state index contributed by atoms with van der Waals surface area (Å²) in [5.41, 5.74) is 1.58. The smallest absolute Gasteiger partial charge is 0.251 e. The first-order valence-corrected chi connectivity index (χ1v) is 12.1. The second-order valence-corrected chi connectivity index (χ2v) is 9.90. The van der Waals surface area contributed by atoms with Crippen LogP contribution in [0.25, 0.3) is 0 Å². The second-order valence-electron chi connectivity index (χ2n) is 6.96. The van der Waals surface area contributed by atoms with Crippen LogP contribution in [-0.4, -0.2) is 46.1 Å². The Kier molecular flexibility index (Phi) is 7.77. The minimum Gasteiger partial charge on any atom is -0.383 e. The number of aryl methyl sites for hydroxylation is 3. The Morgan fingerprint density at radius 1 is 1.24 bits per heavy atom. The minimum atomic E-state index is -3.67. The van der Waals surface area contributed by atoms with E-state index in [1.165, 1.54) is 42.7 Å². The number of aromatic nitrogens is 1. The van der Waals surface area contributed by atoms with Gasteiger partial charge in [0.25, 0.3) is 5.91 Å². The fourth-order valence-corrected chi connectivity index (χ4v) is 5.48. The first-order chi connectivity index (χ1) is 14.0. The van der Waals surface area contributed by atoms with Crippen molar-refractivity contribution >= 4 is 27.3 Å². The van der Waals surface area contributed by atoms with Crippen molar-refractivity contribution in [3.8, 4) is 0 Å². The number of thiazole rings is 1. The number of fused-ring (bicyclic) bond motifs is 1. The molecule has 2 aromatic rings. The second kappa shape index (κ2) is 10.3. The Labute approximate surface area is 175 Å². The zero-order chi connectivity index (χ0) is 20.7. The van der Waals surface area contributed by atoms with E-state index < -0.39 is 10.0 Å². The molecule has 1 amide bonds. The molecule has 3 rings (SSSR count). The highest BCUT2D eigenvalue weighted by Gasteiger charge is 2.17. The van der Waals surface area contributed by atoms with E-state index in [-0.39, 0.29) is 24.0 Å². The fourth-order valence-electron chi connectivity index (χ4n) is 3.22. The molecule has 0 unspecified atom stereocenters. The van der Waals surface area contributed by atoms with E-state index in [2.05, 4.69) is 10.0 Å². The number of rotatable bonds is 10. The van der Waals surface area contributed by atoms with E-state index >= 15 is 0 Å². The largest absolute Gasteiger partial charge is 0.383 e. The van der Waals surface area contributed by atoms with E-state index in [1.807, 2.05) is 0 Å². The molecule has 0 atom stereocenters. The van der Waals surface area contributed by atoms with Crippen LogP contribution >= 0.6 is 11.3 Å². The summed E-state index contributed by atoms with van der Waals surface area (Å²) in [5.74, 6) is -0.280. The third-order valence-electron chi connectivity index (χ3n) is 4.75. The first-order valence-electron chi connectivity index (χ1n) is 9.84. The van der Waals surface area contributed by atoms with Crippen LogP contribution in [0.3, 0.4) is 0 Å². The molecule has 1 aliphatic carbocycles. The van der Waals surface area contributed by atoms with Crippen LogP contribution < -0.4 is 10.0 Å². The van der Waals surface area contributed by atoms with Crippen molar-refractivity contribution in [1.82, 2.24) is 15.0 Å². The Hall–Kier alpha value is -1.81. The third kappa shape index (κ3) is 6.08. The van der Waals surface area contributed by atoms with E-state index in [1.54, 1.807) is 23.5 Å². The van der Waals surface area contributed by atoms with Crippen molar-refractivity contribution in [2.75, 3.05) is 26.8 Å². The van der Waals surface area contributed by atoms with E-state index in [4.69, 9.17) is 9.72 Å². The molecule has 2 N–H and O–H groups in total. The maximum absolute atomic E-state index is 12.4. The molecule has 1 heterocycles. The molecule has 0 fully saturated rings. The molecular formula is C20H27N3O4S2. The third-order valence-corrected chi connectivity index (χ3v) is 7.42. The maximum Gasteiger partial charge on any atom is 0.251 e. The highest BCUT2D eigenvalue weighted by atomic mass is 32.2. The predicted molar refractivity (Wildman–Crippen MR) is 113 cm³/mol. The number of ether oxygens (including phenoxy) is 1. The van der Waals surface area contributed by atoms with Crippen LogP contribution in [0.5, 0.6) is 0 Å². The van der Waals surface area contributed by atoms with Gasteiger partial charge in [-0.2, -0.15) is 0 Å². The number of hydrogen-bond donors (Lipinski definition) is 2. The van der Waals surface area contributed by atoms with E-state index in [0.29, 0.717) is 12.1 Å². The number of amides is 1. The molecule has 0 bridgehead atoms. The molecule has 0 spiro atoms. The average molecular weight is 438 g/mol. The van der Waals surface area contributed by atoms with Crippen LogP contribution in [0.4, 0.5) is 0 Å². The molecule has 0 saturated heterocycles. The van der Waals surface area contributed by atoms with Crippen LogP contribution in [0.15, 0.2) is 29.2 Å². The Bertz CT molecular complexity index is 917. The highest BCUT2D eigenvalue weighted by molar-refractivity contribution is 7.89. The van der Waals surface area contributed by atoms with Gasteiger partial charge in [0.15, 0.2) is 0 Å². The summed E-state index contributed by atoms with van der Waals surface area (Å²) in [6.07, 6.45) is 6.35. The fraction of sp³-hybridized carbons (Fsp3) is 0.500. The molecule has 1 aromatic heterocycles. The standard InChI is InChI=1S/C20H27N3O4S2/c1-27-13-12-22-29(25,26)16-7-4-6-15(14-16)20(24)21-11-5-10-19-23-17-8-2-3-9-18(17)28-19/h4,6-7,14,22H,2-3,5,8-13H2,1H3,(H,21,24). The van der Waals surface area contributed by atoms with Gasteiger partial charge >= 0.3 is 0 Å². The lowest BCUT2D eigenvalue weighted by molar-refractivity contribution is 0.0953. The highest BCUT2D eigenvalue weighted by Crippen LogP contribution is 2.27. The molecule has 0 aliphatic heterocycles. The van der Waals surface area contributed by atoms with Gasteiger partial charge in [-0.1, -0.05) is 6.07 Å².